The van der Waals surface area contributed by atoms with Crippen LogP contribution >= 0.6 is 21.6 Å². The van der Waals surface area contributed by atoms with Gasteiger partial charge in [0.25, 0.3) is 0 Å². The van der Waals surface area contributed by atoms with Gasteiger partial charge in [-0.2, -0.15) is 0 Å². The third-order valence-corrected chi connectivity index (χ3v) is 9.39. The highest BCUT2D eigenvalue weighted by Gasteiger charge is 2.32. The Morgan fingerprint density at radius 1 is 0.909 bits per heavy atom. The maximum atomic E-state index is 13.6. The fourth-order valence-electron chi connectivity index (χ4n) is 4.57. The van der Waals surface area contributed by atoms with E-state index in [1.54, 1.807) is 6.20 Å². The van der Waals surface area contributed by atoms with Gasteiger partial charge in [-0.05, 0) is 44.4 Å². The normalized spacial score (nSPS) is 24.4. The summed E-state index contributed by atoms with van der Waals surface area (Å²) < 4.78 is 0. The highest BCUT2D eigenvalue weighted by Crippen LogP contribution is 2.24. The average molecular weight is 649 g/mol. The van der Waals surface area contributed by atoms with Gasteiger partial charge in [-0.25, -0.2) is 0 Å². The maximum Gasteiger partial charge on any atom is 0.244 e. The number of amides is 6. The third kappa shape index (κ3) is 10.2. The van der Waals surface area contributed by atoms with Crippen LogP contribution in [-0.4, -0.2) is 88.7 Å². The summed E-state index contributed by atoms with van der Waals surface area (Å²) in [7, 11) is 2.37. The first-order valence-corrected chi connectivity index (χ1v) is 16.8. The standard InChI is InChI=1S/C28H40N8O6S2/c1-15-25(39)34-20(9-5-6-10-29)26(40)36-22(24(30)38)13-43-44-14-23(33-16(2)37)28(42)35-21(27(41)32-15)11-17-12-31-19-8-4-3-7-18(17)19/h3-4,7-8,12,15,20-23,31H,5-6,9-11,13-14,29H2,1-2H3,(H2,30,38)(H,32,41)(H,33,37)(H,34,39)(H,35,42)(H,36,40)/t15-,20?,21?,22-,23-/m0/s1. The Labute approximate surface area is 263 Å². The molecular weight excluding hydrogens is 608 g/mol. The Kier molecular flexibility index (Phi) is 13.4. The quantitative estimate of drug-likeness (QED) is 0.132. The van der Waals surface area contributed by atoms with Gasteiger partial charge < -0.3 is 43.0 Å². The Balaban J connectivity index is 1.92. The van der Waals surface area contributed by atoms with Crippen LogP contribution in [-0.2, 0) is 35.2 Å². The van der Waals surface area contributed by atoms with Crippen molar-refractivity contribution >= 4 is 67.9 Å². The van der Waals surface area contributed by atoms with Gasteiger partial charge in [0.2, 0.25) is 35.4 Å². The van der Waals surface area contributed by atoms with E-state index in [1.807, 2.05) is 24.3 Å². The van der Waals surface area contributed by atoms with Gasteiger partial charge >= 0.3 is 0 Å². The number of rotatable bonds is 8. The zero-order valence-electron chi connectivity index (χ0n) is 24.6. The number of para-hydroxylation sites is 1. The summed E-state index contributed by atoms with van der Waals surface area (Å²) in [5.41, 5.74) is 12.7. The minimum atomic E-state index is -1.11. The van der Waals surface area contributed by atoms with Crippen LogP contribution in [0.25, 0.3) is 10.9 Å². The fourth-order valence-corrected chi connectivity index (χ4v) is 6.91. The third-order valence-electron chi connectivity index (χ3n) is 6.97. The second kappa shape index (κ2) is 16.9. The molecule has 1 aromatic carbocycles. The number of hydrogen-bond acceptors (Lipinski definition) is 9. The topological polar surface area (TPSA) is 230 Å². The molecule has 0 aliphatic carbocycles. The van der Waals surface area contributed by atoms with Gasteiger partial charge in [0.1, 0.15) is 30.2 Å². The Bertz CT molecular complexity index is 1350. The first-order valence-electron chi connectivity index (χ1n) is 14.3. The second-order valence-electron chi connectivity index (χ2n) is 10.5. The first-order chi connectivity index (χ1) is 21.0. The molecule has 1 aliphatic heterocycles. The highest BCUT2D eigenvalue weighted by atomic mass is 33.1. The van der Waals surface area contributed by atoms with Crippen molar-refractivity contribution in [2.45, 2.75) is 69.7 Å². The number of carbonyl (C=O) groups excluding carboxylic acids is 6. The van der Waals surface area contributed by atoms with E-state index in [4.69, 9.17) is 11.5 Å². The van der Waals surface area contributed by atoms with Crippen molar-refractivity contribution in [2.75, 3.05) is 18.1 Å². The molecule has 2 heterocycles. The van der Waals surface area contributed by atoms with Crippen molar-refractivity contribution in [3.8, 4) is 0 Å². The van der Waals surface area contributed by atoms with Crippen molar-refractivity contribution < 1.29 is 28.8 Å². The van der Waals surface area contributed by atoms with Crippen molar-refractivity contribution in [3.63, 3.8) is 0 Å². The number of fused-ring (bicyclic) bond motifs is 1. The predicted octanol–water partition coefficient (Wildman–Crippen LogP) is -0.816. The average Bonchev–Trinajstić information content (AvgIpc) is 3.38. The molecule has 14 nitrogen and oxygen atoms in total. The molecule has 1 aromatic heterocycles. The Morgan fingerprint density at radius 3 is 2.30 bits per heavy atom. The van der Waals surface area contributed by atoms with Gasteiger partial charge in [0.05, 0.1) is 0 Å². The lowest BCUT2D eigenvalue weighted by molar-refractivity contribution is -0.134. The van der Waals surface area contributed by atoms with E-state index in [0.717, 1.165) is 16.5 Å². The number of nitrogens with one attached hydrogen (secondary N) is 6. The number of nitrogens with two attached hydrogens (primary N) is 2. The van der Waals surface area contributed by atoms with Crippen molar-refractivity contribution in [1.29, 1.82) is 0 Å². The zero-order chi connectivity index (χ0) is 32.2. The summed E-state index contributed by atoms with van der Waals surface area (Å²) in [5, 5.41) is 14.1. The molecule has 10 N–H and O–H groups in total. The van der Waals surface area contributed by atoms with Crippen LogP contribution in [0, 0.1) is 0 Å². The predicted molar refractivity (Wildman–Crippen MR) is 170 cm³/mol. The van der Waals surface area contributed by atoms with E-state index in [2.05, 4.69) is 31.6 Å². The number of aromatic amines is 1. The molecular formula is C28H40N8O6S2. The van der Waals surface area contributed by atoms with Crippen LogP contribution in [0.4, 0.5) is 0 Å². The molecule has 1 fully saturated rings. The molecule has 2 unspecified atom stereocenters. The van der Waals surface area contributed by atoms with Crippen LogP contribution < -0.4 is 38.1 Å². The molecule has 5 atom stereocenters. The van der Waals surface area contributed by atoms with Crippen LogP contribution in [0.15, 0.2) is 30.5 Å². The Hall–Kier alpha value is -3.76. The zero-order valence-corrected chi connectivity index (χ0v) is 26.3. The smallest absolute Gasteiger partial charge is 0.244 e. The number of primary amides is 1. The van der Waals surface area contributed by atoms with Gasteiger partial charge in [-0.1, -0.05) is 39.8 Å². The summed E-state index contributed by atoms with van der Waals surface area (Å²) in [6.45, 7) is 3.13. The lowest BCUT2D eigenvalue weighted by Crippen LogP contribution is -2.59. The monoisotopic (exact) mass is 648 g/mol. The maximum absolute atomic E-state index is 13.6. The van der Waals surface area contributed by atoms with Gasteiger partial charge in [-0.15, -0.1) is 0 Å². The van der Waals surface area contributed by atoms with Crippen molar-refractivity contribution in [2.24, 2.45) is 11.5 Å². The van der Waals surface area contributed by atoms with E-state index in [0.29, 0.717) is 19.4 Å². The molecule has 0 saturated carbocycles. The van der Waals surface area contributed by atoms with E-state index in [9.17, 15) is 28.8 Å². The molecule has 0 spiro atoms. The van der Waals surface area contributed by atoms with Gasteiger partial charge in [0.15, 0.2) is 0 Å². The summed E-state index contributed by atoms with van der Waals surface area (Å²) in [5.74, 6) is -3.52. The van der Waals surface area contributed by atoms with E-state index < -0.39 is 65.7 Å². The Morgan fingerprint density at radius 2 is 1.59 bits per heavy atom. The summed E-state index contributed by atoms with van der Waals surface area (Å²) in [6.07, 6.45) is 3.24. The summed E-state index contributed by atoms with van der Waals surface area (Å²) in [6, 6.07) is 2.22. The summed E-state index contributed by atoms with van der Waals surface area (Å²) >= 11 is 0. The van der Waals surface area contributed by atoms with Crippen LogP contribution in [0.2, 0.25) is 0 Å². The van der Waals surface area contributed by atoms with Crippen LogP contribution in [0.3, 0.4) is 0 Å². The minimum absolute atomic E-state index is 0.0727. The molecule has 16 heteroatoms. The number of benzene rings is 1. The molecule has 3 rings (SSSR count). The highest BCUT2D eigenvalue weighted by molar-refractivity contribution is 8.76. The van der Waals surface area contributed by atoms with Gasteiger partial charge in [-0.3, -0.25) is 28.8 Å². The minimum Gasteiger partial charge on any atom is -0.368 e. The second-order valence-corrected chi connectivity index (χ2v) is 13.0. The number of carbonyl (C=O) groups is 6. The van der Waals surface area contributed by atoms with Crippen LogP contribution in [0.5, 0.6) is 0 Å². The number of unbranched alkanes of at least 4 members (excludes halogenated alkanes) is 1. The number of hydrogen-bond donors (Lipinski definition) is 8. The molecule has 1 aliphatic rings. The van der Waals surface area contributed by atoms with E-state index in [1.165, 1.54) is 35.4 Å². The molecule has 0 radical (unpaired) electrons. The lowest BCUT2D eigenvalue weighted by atomic mass is 10.0. The van der Waals surface area contributed by atoms with Crippen molar-refractivity contribution in [1.82, 2.24) is 31.6 Å². The molecule has 6 amide bonds. The molecule has 2 aromatic rings. The molecule has 240 valence electrons. The fraction of sp³-hybridized carbons (Fsp3) is 0.500. The summed E-state index contributed by atoms with van der Waals surface area (Å²) in [4.78, 5) is 80.5. The lowest BCUT2D eigenvalue weighted by Gasteiger charge is -2.25. The number of aromatic nitrogens is 1. The molecule has 0 bridgehead atoms. The largest absolute Gasteiger partial charge is 0.368 e. The van der Waals surface area contributed by atoms with Crippen LogP contribution in [0.1, 0.15) is 38.7 Å². The molecule has 44 heavy (non-hydrogen) atoms. The first kappa shape index (κ1) is 34.7. The number of H-pyrrole nitrogens is 1. The van der Waals surface area contributed by atoms with Gasteiger partial charge in [0, 0.05) is 42.0 Å². The SMILES string of the molecule is CC(=O)N[C@H]1CSSC[C@@H](C(N)=O)NC(=O)C(CCCCN)NC(=O)[C@H](C)NC(=O)C(Cc2c[nH]c3ccccc23)NC1=O. The van der Waals surface area contributed by atoms with Crippen molar-refractivity contribution in [3.05, 3.63) is 36.0 Å². The van der Waals surface area contributed by atoms with E-state index >= 15 is 0 Å². The molecule has 1 saturated heterocycles. The van der Waals surface area contributed by atoms with E-state index in [-0.39, 0.29) is 24.3 Å².